The van der Waals surface area contributed by atoms with E-state index in [9.17, 15) is 4.79 Å². The summed E-state index contributed by atoms with van der Waals surface area (Å²) >= 11 is 0. The lowest BCUT2D eigenvalue weighted by Gasteiger charge is -2.20. The van der Waals surface area contributed by atoms with Gasteiger partial charge in [-0.3, -0.25) is 0 Å². The van der Waals surface area contributed by atoms with Crippen molar-refractivity contribution in [2.75, 3.05) is 18.4 Å². The Balaban J connectivity index is 1.97. The van der Waals surface area contributed by atoms with Gasteiger partial charge in [0, 0.05) is 18.3 Å². The fourth-order valence-corrected chi connectivity index (χ4v) is 3.08. The van der Waals surface area contributed by atoms with Crippen LogP contribution in [0, 0.1) is 0 Å². The van der Waals surface area contributed by atoms with Crippen LogP contribution in [0.3, 0.4) is 0 Å². The van der Waals surface area contributed by atoms with Gasteiger partial charge in [0.05, 0.1) is 0 Å². The first-order chi connectivity index (χ1) is 13.2. The summed E-state index contributed by atoms with van der Waals surface area (Å²) in [4.78, 5) is 11.9. The van der Waals surface area contributed by atoms with Crippen LogP contribution in [-0.4, -0.2) is 19.1 Å². The van der Waals surface area contributed by atoms with Crippen LogP contribution in [0.25, 0.3) is 0 Å². The summed E-state index contributed by atoms with van der Waals surface area (Å²) in [6, 6.07) is 18.9. The molecule has 0 saturated heterocycles. The summed E-state index contributed by atoms with van der Waals surface area (Å²) < 4.78 is 0. The highest BCUT2D eigenvalue weighted by atomic mass is 16.2. The van der Waals surface area contributed by atoms with Crippen LogP contribution in [0.1, 0.15) is 56.7 Å². The van der Waals surface area contributed by atoms with Crippen LogP contribution in [0.4, 0.5) is 10.5 Å². The number of benzene rings is 2. The first kappa shape index (κ1) is 21.0. The number of anilines is 1. The molecule has 0 fully saturated rings. The molecular weight excluding hydrogens is 334 g/mol. The number of amides is 2. The Morgan fingerprint density at radius 1 is 0.963 bits per heavy atom. The first-order valence-corrected chi connectivity index (χ1v) is 10.1. The molecule has 2 rings (SSSR count). The Kier molecular flexibility index (Phi) is 9.42. The van der Waals surface area contributed by atoms with Gasteiger partial charge in [-0.05, 0) is 49.1 Å². The predicted octanol–water partition coefficient (Wildman–Crippen LogP) is 5.28. The standard InChI is InChI=1S/C23H33N3O/c1-3-5-14-22(24-17-15-19-10-7-6-8-11-19)20-12-9-13-21(18-20)26-23(27)25-16-4-2/h6-13,18,22,24H,3-5,14-17H2,1-2H3,(H2,25,26,27). The van der Waals surface area contributed by atoms with Crippen molar-refractivity contribution in [1.82, 2.24) is 10.6 Å². The van der Waals surface area contributed by atoms with E-state index in [2.05, 4.69) is 65.3 Å². The SMILES string of the molecule is CCCCC(NCCc1ccccc1)c1cccc(NC(=O)NCCC)c1. The predicted molar refractivity (Wildman–Crippen MR) is 114 cm³/mol. The molecule has 0 aromatic heterocycles. The molecule has 0 bridgehead atoms. The monoisotopic (exact) mass is 367 g/mol. The Labute approximate surface area is 163 Å². The van der Waals surface area contributed by atoms with Gasteiger partial charge in [-0.15, -0.1) is 0 Å². The molecule has 146 valence electrons. The van der Waals surface area contributed by atoms with Gasteiger partial charge in [0.25, 0.3) is 0 Å². The van der Waals surface area contributed by atoms with Crippen molar-refractivity contribution in [3.05, 3.63) is 65.7 Å². The van der Waals surface area contributed by atoms with E-state index in [1.807, 2.05) is 19.1 Å². The van der Waals surface area contributed by atoms with E-state index in [-0.39, 0.29) is 6.03 Å². The van der Waals surface area contributed by atoms with Crippen LogP contribution in [0.15, 0.2) is 54.6 Å². The van der Waals surface area contributed by atoms with Crippen molar-refractivity contribution < 1.29 is 4.79 Å². The Morgan fingerprint density at radius 3 is 2.52 bits per heavy atom. The van der Waals surface area contributed by atoms with E-state index >= 15 is 0 Å². The summed E-state index contributed by atoms with van der Waals surface area (Å²) in [5, 5.41) is 9.49. The number of carbonyl (C=O) groups excluding carboxylic acids is 1. The third-order valence-corrected chi connectivity index (χ3v) is 4.58. The minimum absolute atomic E-state index is 0.142. The second kappa shape index (κ2) is 12.1. The van der Waals surface area contributed by atoms with Gasteiger partial charge >= 0.3 is 6.03 Å². The third kappa shape index (κ3) is 7.83. The van der Waals surface area contributed by atoms with Gasteiger partial charge in [0.15, 0.2) is 0 Å². The molecule has 0 saturated carbocycles. The van der Waals surface area contributed by atoms with Crippen LogP contribution in [0.5, 0.6) is 0 Å². The molecular formula is C23H33N3O. The quantitative estimate of drug-likeness (QED) is 0.506. The molecule has 0 aliphatic carbocycles. The lowest BCUT2D eigenvalue weighted by Crippen LogP contribution is -2.29. The normalized spacial score (nSPS) is 11.8. The Bertz CT molecular complexity index is 672. The highest BCUT2D eigenvalue weighted by molar-refractivity contribution is 5.89. The number of urea groups is 1. The molecule has 0 aliphatic rings. The molecule has 0 heterocycles. The van der Waals surface area contributed by atoms with E-state index < -0.39 is 0 Å². The molecule has 2 aromatic rings. The first-order valence-electron chi connectivity index (χ1n) is 10.1. The molecule has 1 atom stereocenters. The average molecular weight is 368 g/mol. The molecule has 2 aromatic carbocycles. The van der Waals surface area contributed by atoms with Crippen LogP contribution >= 0.6 is 0 Å². The second-order valence-electron chi connectivity index (χ2n) is 6.89. The lowest BCUT2D eigenvalue weighted by molar-refractivity contribution is 0.252. The third-order valence-electron chi connectivity index (χ3n) is 4.58. The molecule has 0 radical (unpaired) electrons. The fraction of sp³-hybridized carbons (Fsp3) is 0.435. The summed E-state index contributed by atoms with van der Waals surface area (Å²) in [6.45, 7) is 5.89. The number of rotatable bonds is 11. The smallest absolute Gasteiger partial charge is 0.319 e. The van der Waals surface area contributed by atoms with Crippen LogP contribution in [-0.2, 0) is 6.42 Å². The molecule has 0 spiro atoms. The Morgan fingerprint density at radius 2 is 1.78 bits per heavy atom. The minimum Gasteiger partial charge on any atom is -0.338 e. The number of unbranched alkanes of at least 4 members (excludes halogenated alkanes) is 1. The van der Waals surface area contributed by atoms with Crippen molar-refractivity contribution in [3.8, 4) is 0 Å². The molecule has 4 nitrogen and oxygen atoms in total. The van der Waals surface area contributed by atoms with Crippen molar-refractivity contribution in [3.63, 3.8) is 0 Å². The minimum atomic E-state index is -0.142. The van der Waals surface area contributed by atoms with Crippen molar-refractivity contribution in [1.29, 1.82) is 0 Å². The Hall–Kier alpha value is -2.33. The van der Waals surface area contributed by atoms with Gasteiger partial charge in [0.2, 0.25) is 0 Å². The van der Waals surface area contributed by atoms with E-state index in [1.54, 1.807) is 0 Å². The van der Waals surface area contributed by atoms with E-state index in [0.717, 1.165) is 31.5 Å². The molecule has 0 aliphatic heterocycles. The van der Waals surface area contributed by atoms with Gasteiger partial charge in [-0.1, -0.05) is 69.2 Å². The molecule has 2 amide bonds. The highest BCUT2D eigenvalue weighted by Crippen LogP contribution is 2.22. The number of hydrogen-bond acceptors (Lipinski definition) is 2. The van der Waals surface area contributed by atoms with E-state index in [0.29, 0.717) is 12.6 Å². The number of carbonyl (C=O) groups is 1. The zero-order chi connectivity index (χ0) is 19.3. The second-order valence-corrected chi connectivity index (χ2v) is 6.89. The fourth-order valence-electron chi connectivity index (χ4n) is 3.08. The largest absolute Gasteiger partial charge is 0.338 e. The van der Waals surface area contributed by atoms with Crippen molar-refractivity contribution >= 4 is 11.7 Å². The maximum Gasteiger partial charge on any atom is 0.319 e. The van der Waals surface area contributed by atoms with Gasteiger partial charge in [0.1, 0.15) is 0 Å². The summed E-state index contributed by atoms with van der Waals surface area (Å²) in [6.07, 6.45) is 5.39. The zero-order valence-electron chi connectivity index (χ0n) is 16.6. The summed E-state index contributed by atoms with van der Waals surface area (Å²) in [5.74, 6) is 0. The van der Waals surface area contributed by atoms with Crippen molar-refractivity contribution in [2.24, 2.45) is 0 Å². The van der Waals surface area contributed by atoms with Gasteiger partial charge in [-0.2, -0.15) is 0 Å². The molecule has 3 N–H and O–H groups in total. The van der Waals surface area contributed by atoms with Crippen LogP contribution < -0.4 is 16.0 Å². The van der Waals surface area contributed by atoms with Crippen LogP contribution in [0.2, 0.25) is 0 Å². The van der Waals surface area contributed by atoms with Gasteiger partial charge < -0.3 is 16.0 Å². The summed E-state index contributed by atoms with van der Waals surface area (Å²) in [7, 11) is 0. The average Bonchev–Trinajstić information content (AvgIpc) is 2.70. The lowest BCUT2D eigenvalue weighted by atomic mass is 10.00. The topological polar surface area (TPSA) is 53.2 Å². The maximum atomic E-state index is 11.9. The maximum absolute atomic E-state index is 11.9. The van der Waals surface area contributed by atoms with Gasteiger partial charge in [-0.25, -0.2) is 4.79 Å². The molecule has 4 heteroatoms. The highest BCUT2D eigenvalue weighted by Gasteiger charge is 2.12. The molecule has 27 heavy (non-hydrogen) atoms. The van der Waals surface area contributed by atoms with Crippen molar-refractivity contribution in [2.45, 2.75) is 52.0 Å². The summed E-state index contributed by atoms with van der Waals surface area (Å²) in [5.41, 5.74) is 3.42. The zero-order valence-corrected chi connectivity index (χ0v) is 16.6. The van der Waals surface area contributed by atoms with E-state index in [1.165, 1.54) is 24.0 Å². The molecule has 1 unspecified atom stereocenters. The number of nitrogens with one attached hydrogen (secondary N) is 3. The van der Waals surface area contributed by atoms with E-state index in [4.69, 9.17) is 0 Å². The number of hydrogen-bond donors (Lipinski definition) is 3.